The van der Waals surface area contributed by atoms with E-state index in [1.807, 2.05) is 54.6 Å². The van der Waals surface area contributed by atoms with Crippen LogP contribution in [0.2, 0.25) is 5.02 Å². The van der Waals surface area contributed by atoms with Crippen LogP contribution in [-0.4, -0.2) is 27.8 Å². The zero-order chi connectivity index (χ0) is 30.8. The molecule has 220 valence electrons. The quantitative estimate of drug-likeness (QED) is 0.133. The minimum atomic E-state index is -0.323. The number of aromatic nitrogens is 2. The molecule has 0 fully saturated rings. The molecule has 0 aliphatic carbocycles. The monoisotopic (exact) mass is 616 g/mol. The number of hydrogen-bond donors (Lipinski definition) is 2. The van der Waals surface area contributed by atoms with E-state index in [-0.39, 0.29) is 24.0 Å². The summed E-state index contributed by atoms with van der Waals surface area (Å²) >= 11 is 6.50. The lowest BCUT2D eigenvalue weighted by Crippen LogP contribution is -2.13. The molecule has 0 saturated heterocycles. The summed E-state index contributed by atoms with van der Waals surface area (Å²) in [6.45, 7) is 0.184. The van der Waals surface area contributed by atoms with Gasteiger partial charge in [0.05, 0.1) is 22.4 Å². The van der Waals surface area contributed by atoms with Crippen LogP contribution in [-0.2, 0) is 11.4 Å². The number of anilines is 3. The maximum atomic E-state index is 13.5. The third-order valence-electron chi connectivity index (χ3n) is 7.01. The van der Waals surface area contributed by atoms with Crippen LogP contribution >= 0.6 is 11.6 Å². The molecule has 1 amide bonds. The van der Waals surface area contributed by atoms with E-state index in [0.717, 1.165) is 16.5 Å². The Kier molecular flexibility index (Phi) is 7.46. The van der Waals surface area contributed by atoms with Gasteiger partial charge in [0.1, 0.15) is 41.8 Å². The molecule has 3 heterocycles. The molecule has 7 rings (SSSR count). The van der Waals surface area contributed by atoms with Gasteiger partial charge < -0.3 is 19.8 Å². The van der Waals surface area contributed by atoms with Gasteiger partial charge in [0.2, 0.25) is 0 Å². The molecular weight excluding hydrogens is 595 g/mol. The van der Waals surface area contributed by atoms with Crippen LogP contribution in [0.5, 0.6) is 5.75 Å². The van der Waals surface area contributed by atoms with Crippen LogP contribution in [0.3, 0.4) is 0 Å². The first-order chi connectivity index (χ1) is 22.0. The van der Waals surface area contributed by atoms with Crippen molar-refractivity contribution in [1.82, 2.24) is 9.97 Å². The highest BCUT2D eigenvalue weighted by Crippen LogP contribution is 2.33. The first-order valence-electron chi connectivity index (χ1n) is 13.8. The summed E-state index contributed by atoms with van der Waals surface area (Å²) in [6.07, 6.45) is 2.94. The van der Waals surface area contributed by atoms with Gasteiger partial charge in [0.25, 0.3) is 5.91 Å². The molecule has 0 saturated carbocycles. The number of nitrogens with one attached hydrogen (secondary N) is 2. The van der Waals surface area contributed by atoms with E-state index in [2.05, 4.69) is 30.8 Å². The van der Waals surface area contributed by atoms with Gasteiger partial charge in [0, 0.05) is 22.2 Å². The van der Waals surface area contributed by atoms with E-state index in [1.165, 1.54) is 24.7 Å². The molecule has 45 heavy (non-hydrogen) atoms. The predicted molar refractivity (Wildman–Crippen MR) is 172 cm³/mol. The van der Waals surface area contributed by atoms with Crippen molar-refractivity contribution >= 4 is 57.5 Å². The number of rotatable bonds is 8. The SMILES string of the molecule is O=C1Nc2ccccc2/C1=N\N=C\c1ccc(-c2ccc3ncnc(Nc4ccc(OCc5cccc(F)c5)c(Cl)c4)c3c2)o1. The van der Waals surface area contributed by atoms with Crippen molar-refractivity contribution < 1.29 is 18.3 Å². The number of carbonyl (C=O) groups excluding carboxylic acids is 1. The van der Waals surface area contributed by atoms with Crippen molar-refractivity contribution in [3.8, 4) is 17.1 Å². The molecule has 0 atom stereocenters. The fraction of sp³-hybridized carbons (Fsp3) is 0.0294. The Morgan fingerprint density at radius 1 is 0.978 bits per heavy atom. The predicted octanol–water partition coefficient (Wildman–Crippen LogP) is 7.78. The van der Waals surface area contributed by atoms with Crippen molar-refractivity contribution in [1.29, 1.82) is 0 Å². The molecule has 1 aliphatic rings. The smallest absolute Gasteiger partial charge is 0.276 e. The highest BCUT2D eigenvalue weighted by Gasteiger charge is 2.25. The number of amides is 1. The number of nitrogens with zero attached hydrogens (tertiary/aromatic N) is 4. The van der Waals surface area contributed by atoms with Gasteiger partial charge >= 0.3 is 0 Å². The highest BCUT2D eigenvalue weighted by atomic mass is 35.5. The van der Waals surface area contributed by atoms with Crippen LogP contribution in [0.25, 0.3) is 22.2 Å². The maximum Gasteiger partial charge on any atom is 0.276 e. The van der Waals surface area contributed by atoms with Crippen molar-refractivity contribution in [2.45, 2.75) is 6.61 Å². The molecule has 0 spiro atoms. The van der Waals surface area contributed by atoms with Crippen LogP contribution in [0.1, 0.15) is 16.9 Å². The first-order valence-corrected chi connectivity index (χ1v) is 14.2. The van der Waals surface area contributed by atoms with Gasteiger partial charge in [0.15, 0.2) is 5.71 Å². The van der Waals surface area contributed by atoms with Crippen molar-refractivity contribution in [3.05, 3.63) is 131 Å². The minimum Gasteiger partial charge on any atom is -0.487 e. The molecule has 6 aromatic rings. The Morgan fingerprint density at radius 3 is 2.78 bits per heavy atom. The summed E-state index contributed by atoms with van der Waals surface area (Å²) in [4.78, 5) is 21.1. The molecule has 2 N–H and O–H groups in total. The molecule has 11 heteroatoms. The average molecular weight is 617 g/mol. The Balaban J connectivity index is 1.08. The van der Waals surface area contributed by atoms with Crippen molar-refractivity contribution in [2.24, 2.45) is 10.2 Å². The minimum absolute atomic E-state index is 0.184. The van der Waals surface area contributed by atoms with E-state index in [1.54, 1.807) is 30.3 Å². The van der Waals surface area contributed by atoms with E-state index < -0.39 is 0 Å². The van der Waals surface area contributed by atoms with E-state index >= 15 is 0 Å². The third kappa shape index (κ3) is 5.99. The fourth-order valence-corrected chi connectivity index (χ4v) is 5.09. The topological polar surface area (TPSA) is 114 Å². The van der Waals surface area contributed by atoms with Gasteiger partial charge in [-0.2, -0.15) is 5.10 Å². The summed E-state index contributed by atoms with van der Waals surface area (Å²) in [5.41, 5.74) is 4.58. The second-order valence-corrected chi connectivity index (χ2v) is 10.4. The average Bonchev–Trinajstić information content (AvgIpc) is 3.65. The summed E-state index contributed by atoms with van der Waals surface area (Å²) in [7, 11) is 0. The van der Waals surface area contributed by atoms with Crippen molar-refractivity contribution in [3.63, 3.8) is 0 Å². The molecular formula is C34H22ClFN6O3. The summed E-state index contributed by atoms with van der Waals surface area (Å²) in [5.74, 6) is 1.50. The number of carbonyl (C=O) groups is 1. The summed E-state index contributed by atoms with van der Waals surface area (Å²) in [5, 5.41) is 15.4. The Bertz CT molecular complexity index is 2140. The summed E-state index contributed by atoms with van der Waals surface area (Å²) < 4.78 is 25.3. The van der Waals surface area contributed by atoms with Gasteiger partial charge in [-0.15, -0.1) is 5.10 Å². The van der Waals surface area contributed by atoms with Crippen LogP contribution in [0, 0.1) is 5.82 Å². The number of ether oxygens (including phenoxy) is 1. The van der Waals surface area contributed by atoms with E-state index in [9.17, 15) is 9.18 Å². The number of fused-ring (bicyclic) bond motifs is 2. The zero-order valence-electron chi connectivity index (χ0n) is 23.4. The second-order valence-electron chi connectivity index (χ2n) is 10.0. The highest BCUT2D eigenvalue weighted by molar-refractivity contribution is 6.53. The van der Waals surface area contributed by atoms with Crippen molar-refractivity contribution in [2.75, 3.05) is 10.6 Å². The van der Waals surface area contributed by atoms with Gasteiger partial charge in [-0.3, -0.25) is 4.79 Å². The second kappa shape index (κ2) is 12.0. The Labute approximate surface area is 261 Å². The van der Waals surface area contributed by atoms with Gasteiger partial charge in [-0.05, 0) is 72.3 Å². The number of furan rings is 1. The maximum absolute atomic E-state index is 13.5. The lowest BCUT2D eigenvalue weighted by molar-refractivity contribution is -0.110. The first kappa shape index (κ1) is 27.9. The number of para-hydroxylation sites is 1. The fourth-order valence-electron chi connectivity index (χ4n) is 4.85. The molecule has 9 nitrogen and oxygen atoms in total. The van der Waals surface area contributed by atoms with Gasteiger partial charge in [-0.1, -0.05) is 41.9 Å². The standard InChI is InChI=1S/C34H22ClFN6O3/c35-27-16-23(9-12-31(27)44-18-20-4-3-5-22(36)14-20)40-33-26-15-21(8-11-28(26)37-19-38-33)30-13-10-24(45-30)17-39-42-32-25-6-1-2-7-29(25)41-34(32)43/h1-17,19H,18H2,(H,37,38,40)(H,41,42,43)/b39-17+. The normalized spacial score (nSPS) is 13.4. The lowest BCUT2D eigenvalue weighted by Gasteiger charge is -2.12. The number of hydrogen-bond acceptors (Lipinski definition) is 8. The van der Waals surface area contributed by atoms with Crippen LogP contribution < -0.4 is 15.4 Å². The van der Waals surface area contributed by atoms with E-state index in [4.69, 9.17) is 20.8 Å². The molecule has 4 aromatic carbocycles. The molecule has 0 unspecified atom stereocenters. The number of benzene rings is 4. The zero-order valence-corrected chi connectivity index (χ0v) is 24.1. The van der Waals surface area contributed by atoms with Crippen LogP contribution in [0.15, 0.2) is 118 Å². The Hall–Kier alpha value is -5.87. The van der Waals surface area contributed by atoms with E-state index in [0.29, 0.717) is 50.6 Å². The summed E-state index contributed by atoms with van der Waals surface area (Å²) in [6, 6.07) is 28.1. The van der Waals surface area contributed by atoms with Crippen LogP contribution in [0.4, 0.5) is 21.6 Å². The molecule has 1 aliphatic heterocycles. The molecule has 2 aromatic heterocycles. The van der Waals surface area contributed by atoms with Gasteiger partial charge in [-0.25, -0.2) is 14.4 Å². The molecule has 0 bridgehead atoms. The number of halogens is 2. The largest absolute Gasteiger partial charge is 0.487 e. The Morgan fingerprint density at radius 2 is 1.89 bits per heavy atom. The molecule has 0 radical (unpaired) electrons. The lowest BCUT2D eigenvalue weighted by atomic mass is 10.1. The third-order valence-corrected chi connectivity index (χ3v) is 7.31.